The third-order valence-corrected chi connectivity index (χ3v) is 5.08. The van der Waals surface area contributed by atoms with E-state index in [-0.39, 0.29) is 5.57 Å². The number of para-hydroxylation sites is 2. The molecule has 0 heterocycles. The molecular weight excluding hydrogens is 451 g/mol. The van der Waals surface area contributed by atoms with Crippen molar-refractivity contribution in [3.63, 3.8) is 0 Å². The fourth-order valence-electron chi connectivity index (χ4n) is 2.82. The summed E-state index contributed by atoms with van der Waals surface area (Å²) < 4.78 is 10.6. The van der Waals surface area contributed by atoms with Gasteiger partial charge in [0.1, 0.15) is 17.1 Å². The van der Waals surface area contributed by atoms with Crippen molar-refractivity contribution in [3.8, 4) is 11.5 Å². The Kier molecular flexibility index (Phi) is 7.76. The number of carbonyl (C=O) groups is 2. The Balaban J connectivity index is 2.01. The second-order valence-electron chi connectivity index (χ2n) is 6.57. The molecule has 8 heteroatoms. The topological polar surface area (TPSA) is 76.7 Å². The maximum absolute atomic E-state index is 13.1. The number of anilines is 2. The molecule has 0 saturated heterocycles. The number of nitrogens with one attached hydrogen (secondary N) is 2. The largest absolute Gasteiger partial charge is 0.497 e. The molecule has 32 heavy (non-hydrogen) atoms. The SMILES string of the molecule is COc1cc(C=C(C(=O)Nc2ccccc2Cl)C(=O)Nc2ccccc2Cl)cc(OC)c1. The molecule has 0 unspecified atom stereocenters. The van der Waals surface area contributed by atoms with Crippen molar-refractivity contribution < 1.29 is 19.1 Å². The normalized spacial score (nSPS) is 10.1. The lowest BCUT2D eigenvalue weighted by Crippen LogP contribution is -2.25. The zero-order valence-electron chi connectivity index (χ0n) is 17.3. The number of methoxy groups -OCH3 is 2. The molecule has 2 amide bonds. The molecule has 2 N–H and O–H groups in total. The predicted octanol–water partition coefficient (Wildman–Crippen LogP) is 5.67. The van der Waals surface area contributed by atoms with Gasteiger partial charge in [-0.3, -0.25) is 9.59 Å². The Morgan fingerprint density at radius 3 is 1.59 bits per heavy atom. The Hall–Kier alpha value is -3.48. The van der Waals surface area contributed by atoms with Crippen molar-refractivity contribution in [2.45, 2.75) is 0 Å². The minimum Gasteiger partial charge on any atom is -0.497 e. The smallest absolute Gasteiger partial charge is 0.261 e. The number of benzene rings is 3. The van der Waals surface area contributed by atoms with Crippen LogP contribution in [0.4, 0.5) is 11.4 Å². The Bertz CT molecular complexity index is 1090. The fraction of sp³-hybridized carbons (Fsp3) is 0.0833. The number of hydrogen-bond acceptors (Lipinski definition) is 4. The summed E-state index contributed by atoms with van der Waals surface area (Å²) in [6, 6.07) is 18.5. The second kappa shape index (κ2) is 10.7. The van der Waals surface area contributed by atoms with Crippen LogP contribution in [0, 0.1) is 0 Å². The Morgan fingerprint density at radius 1 is 0.750 bits per heavy atom. The van der Waals surface area contributed by atoms with Gasteiger partial charge >= 0.3 is 0 Å². The monoisotopic (exact) mass is 470 g/mol. The van der Waals surface area contributed by atoms with Crippen LogP contribution in [0.1, 0.15) is 5.56 Å². The quantitative estimate of drug-likeness (QED) is 0.265. The highest BCUT2D eigenvalue weighted by molar-refractivity contribution is 6.36. The molecule has 0 aromatic heterocycles. The van der Waals surface area contributed by atoms with Gasteiger partial charge in [0.15, 0.2) is 0 Å². The summed E-state index contributed by atoms with van der Waals surface area (Å²) in [5.41, 5.74) is 1.11. The van der Waals surface area contributed by atoms with Crippen LogP contribution in [0.25, 0.3) is 6.08 Å². The minimum atomic E-state index is -0.649. The van der Waals surface area contributed by atoms with Crippen molar-refractivity contribution >= 4 is 52.5 Å². The molecule has 0 aliphatic carbocycles. The standard InChI is InChI=1S/C24H20Cl2N2O4/c1-31-16-11-15(12-17(14-16)32-2)13-18(23(29)27-21-9-5-3-7-19(21)25)24(30)28-22-10-6-4-8-20(22)26/h3-14H,1-2H3,(H,27,29)(H,28,30). The van der Waals surface area contributed by atoms with Gasteiger partial charge in [0.25, 0.3) is 11.8 Å². The van der Waals surface area contributed by atoms with Crippen LogP contribution in [0.15, 0.2) is 72.3 Å². The summed E-state index contributed by atoms with van der Waals surface area (Å²) in [4.78, 5) is 26.2. The zero-order valence-corrected chi connectivity index (χ0v) is 18.8. The van der Waals surface area contributed by atoms with Crippen LogP contribution in [0.3, 0.4) is 0 Å². The van der Waals surface area contributed by atoms with Gasteiger partial charge in [-0.05, 0) is 48.0 Å². The van der Waals surface area contributed by atoms with E-state index in [9.17, 15) is 9.59 Å². The highest BCUT2D eigenvalue weighted by atomic mass is 35.5. The first kappa shape index (κ1) is 23.2. The Morgan fingerprint density at radius 2 is 1.19 bits per heavy atom. The van der Waals surface area contributed by atoms with Gasteiger partial charge in [-0.15, -0.1) is 0 Å². The summed E-state index contributed by atoms with van der Waals surface area (Å²) in [6.07, 6.45) is 1.43. The summed E-state index contributed by atoms with van der Waals surface area (Å²) in [5.74, 6) is -0.283. The van der Waals surface area contributed by atoms with E-state index >= 15 is 0 Å². The average molecular weight is 471 g/mol. The first-order valence-electron chi connectivity index (χ1n) is 9.48. The van der Waals surface area contributed by atoms with Crippen molar-refractivity contribution in [2.75, 3.05) is 24.9 Å². The molecule has 6 nitrogen and oxygen atoms in total. The van der Waals surface area contributed by atoms with E-state index in [2.05, 4.69) is 10.6 Å². The fourth-order valence-corrected chi connectivity index (χ4v) is 3.18. The van der Waals surface area contributed by atoms with Crippen LogP contribution in [-0.2, 0) is 9.59 Å². The first-order valence-corrected chi connectivity index (χ1v) is 10.2. The molecule has 0 fully saturated rings. The number of rotatable bonds is 7. The van der Waals surface area contributed by atoms with Gasteiger partial charge in [0.05, 0.1) is 35.6 Å². The number of halogens is 2. The molecule has 164 valence electrons. The van der Waals surface area contributed by atoms with Crippen LogP contribution >= 0.6 is 23.2 Å². The summed E-state index contributed by atoms with van der Waals surface area (Å²) in [5, 5.41) is 6.03. The van der Waals surface area contributed by atoms with Crippen LogP contribution in [-0.4, -0.2) is 26.0 Å². The lowest BCUT2D eigenvalue weighted by Gasteiger charge is -2.13. The number of carbonyl (C=O) groups excluding carboxylic acids is 2. The lowest BCUT2D eigenvalue weighted by atomic mass is 10.1. The van der Waals surface area contributed by atoms with Gasteiger partial charge in [0.2, 0.25) is 0 Å². The summed E-state index contributed by atoms with van der Waals surface area (Å²) in [6.45, 7) is 0. The highest BCUT2D eigenvalue weighted by Gasteiger charge is 2.21. The number of ether oxygens (including phenoxy) is 2. The first-order chi connectivity index (χ1) is 15.4. The van der Waals surface area contributed by atoms with Gasteiger partial charge in [-0.25, -0.2) is 0 Å². The van der Waals surface area contributed by atoms with Crippen LogP contribution < -0.4 is 20.1 Å². The molecule has 3 aromatic carbocycles. The molecule has 0 atom stereocenters. The van der Waals surface area contributed by atoms with Gasteiger partial charge in [0, 0.05) is 6.07 Å². The molecular formula is C24H20Cl2N2O4. The summed E-state index contributed by atoms with van der Waals surface area (Å²) in [7, 11) is 3.02. The maximum atomic E-state index is 13.1. The van der Waals surface area contributed by atoms with Crippen molar-refractivity contribution in [1.29, 1.82) is 0 Å². The third-order valence-electron chi connectivity index (χ3n) is 4.42. The van der Waals surface area contributed by atoms with Gasteiger partial charge in [-0.1, -0.05) is 47.5 Å². The van der Waals surface area contributed by atoms with E-state index in [0.29, 0.717) is 38.5 Å². The van der Waals surface area contributed by atoms with E-state index in [1.54, 1.807) is 66.7 Å². The summed E-state index contributed by atoms with van der Waals surface area (Å²) >= 11 is 12.3. The highest BCUT2D eigenvalue weighted by Crippen LogP contribution is 2.27. The van der Waals surface area contributed by atoms with Gasteiger partial charge < -0.3 is 20.1 Å². The molecule has 0 bridgehead atoms. The number of amides is 2. The van der Waals surface area contributed by atoms with E-state index < -0.39 is 11.8 Å². The van der Waals surface area contributed by atoms with Crippen molar-refractivity contribution in [1.82, 2.24) is 0 Å². The van der Waals surface area contributed by atoms with Gasteiger partial charge in [-0.2, -0.15) is 0 Å². The van der Waals surface area contributed by atoms with E-state index in [1.807, 2.05) is 0 Å². The molecule has 3 aromatic rings. The molecule has 0 radical (unpaired) electrons. The predicted molar refractivity (Wildman–Crippen MR) is 128 cm³/mol. The average Bonchev–Trinajstić information content (AvgIpc) is 2.80. The Labute approximate surface area is 195 Å². The zero-order chi connectivity index (χ0) is 23.1. The molecule has 0 saturated carbocycles. The van der Waals surface area contributed by atoms with E-state index in [0.717, 1.165) is 0 Å². The number of hydrogen-bond donors (Lipinski definition) is 2. The van der Waals surface area contributed by atoms with E-state index in [4.69, 9.17) is 32.7 Å². The third kappa shape index (κ3) is 5.81. The minimum absolute atomic E-state index is 0.167. The van der Waals surface area contributed by atoms with Crippen LogP contribution in [0.2, 0.25) is 10.0 Å². The second-order valence-corrected chi connectivity index (χ2v) is 7.39. The van der Waals surface area contributed by atoms with Crippen molar-refractivity contribution in [2.24, 2.45) is 0 Å². The van der Waals surface area contributed by atoms with Crippen LogP contribution in [0.5, 0.6) is 11.5 Å². The molecule has 0 aliphatic rings. The molecule has 3 rings (SSSR count). The molecule has 0 spiro atoms. The van der Waals surface area contributed by atoms with Crippen molar-refractivity contribution in [3.05, 3.63) is 87.9 Å². The lowest BCUT2D eigenvalue weighted by molar-refractivity contribution is -0.118. The maximum Gasteiger partial charge on any atom is 0.261 e. The van der Waals surface area contributed by atoms with E-state index in [1.165, 1.54) is 20.3 Å². The molecule has 0 aliphatic heterocycles.